The van der Waals surface area contributed by atoms with Crippen molar-refractivity contribution in [2.45, 2.75) is 19.4 Å². The third-order valence-electron chi connectivity index (χ3n) is 2.27. The first-order valence-electron chi connectivity index (χ1n) is 4.12. The molecule has 0 saturated carbocycles. The highest BCUT2D eigenvalue weighted by molar-refractivity contribution is 5.83. The highest BCUT2D eigenvalue weighted by atomic mass is 16.2. The summed E-state index contributed by atoms with van der Waals surface area (Å²) >= 11 is 0. The lowest BCUT2D eigenvalue weighted by Gasteiger charge is -2.18. The maximum Gasteiger partial charge on any atom is 0.239 e. The van der Waals surface area contributed by atoms with Crippen LogP contribution in [0.1, 0.15) is 13.3 Å². The molecule has 0 bridgehead atoms. The standard InChI is InChI=1S/C8H16N2O/c1-4-10-6-5-7(8(10)11)9(2)3/h7H,4-6H2,1-3H3. The fourth-order valence-corrected chi connectivity index (χ4v) is 1.52. The second-order valence-corrected chi connectivity index (χ2v) is 3.19. The molecule has 1 atom stereocenters. The van der Waals surface area contributed by atoms with E-state index in [4.69, 9.17) is 0 Å². The fourth-order valence-electron chi connectivity index (χ4n) is 1.52. The topological polar surface area (TPSA) is 23.6 Å². The lowest BCUT2D eigenvalue weighted by atomic mass is 10.2. The van der Waals surface area contributed by atoms with Crippen molar-refractivity contribution in [2.75, 3.05) is 27.2 Å². The summed E-state index contributed by atoms with van der Waals surface area (Å²) in [5.41, 5.74) is 0. The molecule has 0 aromatic carbocycles. The van der Waals surface area contributed by atoms with Gasteiger partial charge in [-0.3, -0.25) is 9.69 Å². The minimum absolute atomic E-state index is 0.134. The number of carbonyl (C=O) groups excluding carboxylic acids is 1. The normalized spacial score (nSPS) is 25.3. The summed E-state index contributed by atoms with van der Waals surface area (Å²) in [6, 6.07) is 0.134. The van der Waals surface area contributed by atoms with E-state index in [2.05, 4.69) is 0 Å². The SMILES string of the molecule is CCN1CCC(N(C)C)C1=O. The van der Waals surface area contributed by atoms with Crippen LogP contribution in [0, 0.1) is 0 Å². The fraction of sp³-hybridized carbons (Fsp3) is 0.875. The van der Waals surface area contributed by atoms with Crippen LogP contribution in [-0.4, -0.2) is 48.9 Å². The van der Waals surface area contributed by atoms with Gasteiger partial charge in [0.2, 0.25) is 5.91 Å². The molecule has 0 N–H and O–H groups in total. The van der Waals surface area contributed by atoms with Crippen molar-refractivity contribution in [1.29, 1.82) is 0 Å². The first-order chi connectivity index (χ1) is 5.16. The molecule has 3 nitrogen and oxygen atoms in total. The predicted molar refractivity (Wildman–Crippen MR) is 44.3 cm³/mol. The number of hydrogen-bond donors (Lipinski definition) is 0. The largest absolute Gasteiger partial charge is 0.342 e. The Hall–Kier alpha value is -0.570. The van der Waals surface area contributed by atoms with Crippen LogP contribution >= 0.6 is 0 Å². The number of carbonyl (C=O) groups is 1. The maximum atomic E-state index is 11.5. The van der Waals surface area contributed by atoms with E-state index in [-0.39, 0.29) is 11.9 Å². The van der Waals surface area contributed by atoms with E-state index in [0.29, 0.717) is 0 Å². The zero-order chi connectivity index (χ0) is 8.43. The molecule has 3 heteroatoms. The van der Waals surface area contributed by atoms with Crippen LogP contribution in [0.2, 0.25) is 0 Å². The number of rotatable bonds is 2. The summed E-state index contributed by atoms with van der Waals surface area (Å²) in [5, 5.41) is 0. The molecule has 11 heavy (non-hydrogen) atoms. The summed E-state index contributed by atoms with van der Waals surface area (Å²) in [4.78, 5) is 15.4. The number of hydrogen-bond acceptors (Lipinski definition) is 2. The van der Waals surface area contributed by atoms with E-state index in [0.717, 1.165) is 19.5 Å². The number of amides is 1. The Balaban J connectivity index is 2.56. The zero-order valence-electron chi connectivity index (χ0n) is 7.50. The van der Waals surface area contributed by atoms with Gasteiger partial charge in [-0.05, 0) is 27.4 Å². The van der Waals surface area contributed by atoms with Crippen molar-refractivity contribution < 1.29 is 4.79 Å². The van der Waals surface area contributed by atoms with Crippen LogP contribution in [0.25, 0.3) is 0 Å². The Morgan fingerprint density at radius 1 is 1.64 bits per heavy atom. The van der Waals surface area contributed by atoms with Crippen molar-refractivity contribution in [2.24, 2.45) is 0 Å². The lowest BCUT2D eigenvalue weighted by molar-refractivity contribution is -0.131. The van der Waals surface area contributed by atoms with Crippen molar-refractivity contribution in [3.05, 3.63) is 0 Å². The van der Waals surface area contributed by atoms with Gasteiger partial charge in [-0.25, -0.2) is 0 Å². The quantitative estimate of drug-likeness (QED) is 0.569. The summed E-state index contributed by atoms with van der Waals surface area (Å²) < 4.78 is 0. The molecule has 1 heterocycles. The smallest absolute Gasteiger partial charge is 0.239 e. The van der Waals surface area contributed by atoms with Gasteiger partial charge in [0.25, 0.3) is 0 Å². The molecular formula is C8H16N2O. The van der Waals surface area contributed by atoms with Gasteiger partial charge in [0.1, 0.15) is 0 Å². The zero-order valence-corrected chi connectivity index (χ0v) is 7.50. The molecule has 1 rings (SSSR count). The van der Waals surface area contributed by atoms with Crippen LogP contribution in [-0.2, 0) is 4.79 Å². The molecule has 1 aliphatic rings. The van der Waals surface area contributed by atoms with E-state index in [1.165, 1.54) is 0 Å². The lowest BCUT2D eigenvalue weighted by Crippen LogP contribution is -2.37. The van der Waals surface area contributed by atoms with E-state index in [9.17, 15) is 4.79 Å². The molecule has 1 saturated heterocycles. The molecule has 0 radical (unpaired) electrons. The second-order valence-electron chi connectivity index (χ2n) is 3.19. The summed E-state index contributed by atoms with van der Waals surface area (Å²) in [5.74, 6) is 0.289. The molecule has 0 aromatic heterocycles. The Bertz CT molecular complexity index is 156. The van der Waals surface area contributed by atoms with Gasteiger partial charge in [-0.2, -0.15) is 0 Å². The van der Waals surface area contributed by atoms with Crippen LogP contribution in [0.15, 0.2) is 0 Å². The number of nitrogens with zero attached hydrogens (tertiary/aromatic N) is 2. The van der Waals surface area contributed by atoms with E-state index in [1.807, 2.05) is 30.8 Å². The van der Waals surface area contributed by atoms with E-state index in [1.54, 1.807) is 0 Å². The molecule has 64 valence electrons. The molecule has 1 amide bonds. The van der Waals surface area contributed by atoms with E-state index >= 15 is 0 Å². The minimum Gasteiger partial charge on any atom is -0.342 e. The molecule has 1 unspecified atom stereocenters. The van der Waals surface area contributed by atoms with Crippen molar-refractivity contribution in [3.8, 4) is 0 Å². The van der Waals surface area contributed by atoms with Gasteiger partial charge in [0, 0.05) is 13.1 Å². The van der Waals surface area contributed by atoms with Crippen molar-refractivity contribution in [1.82, 2.24) is 9.80 Å². The average molecular weight is 156 g/mol. The molecule has 0 aliphatic carbocycles. The first kappa shape index (κ1) is 8.53. The molecule has 1 fully saturated rings. The third-order valence-corrected chi connectivity index (χ3v) is 2.27. The highest BCUT2D eigenvalue weighted by Crippen LogP contribution is 2.13. The molecular weight excluding hydrogens is 140 g/mol. The molecule has 0 spiro atoms. The van der Waals surface area contributed by atoms with Crippen LogP contribution in [0.4, 0.5) is 0 Å². The third kappa shape index (κ3) is 1.53. The van der Waals surface area contributed by atoms with Gasteiger partial charge in [-0.15, -0.1) is 0 Å². The Kier molecular flexibility index (Phi) is 2.49. The van der Waals surface area contributed by atoms with Gasteiger partial charge in [0.05, 0.1) is 6.04 Å². The predicted octanol–water partition coefficient (Wildman–Crippen LogP) is 0.169. The number of likely N-dealkylation sites (N-methyl/N-ethyl adjacent to an activating group) is 2. The van der Waals surface area contributed by atoms with E-state index < -0.39 is 0 Å². The Labute approximate surface area is 68.0 Å². The Morgan fingerprint density at radius 3 is 2.55 bits per heavy atom. The maximum absolute atomic E-state index is 11.5. The van der Waals surface area contributed by atoms with Gasteiger partial charge in [0.15, 0.2) is 0 Å². The second kappa shape index (κ2) is 3.22. The van der Waals surface area contributed by atoms with Crippen molar-refractivity contribution in [3.63, 3.8) is 0 Å². The minimum atomic E-state index is 0.134. The first-order valence-corrected chi connectivity index (χ1v) is 4.12. The van der Waals surface area contributed by atoms with Gasteiger partial charge in [-0.1, -0.05) is 0 Å². The molecule has 0 aromatic rings. The van der Waals surface area contributed by atoms with Crippen LogP contribution in [0.5, 0.6) is 0 Å². The highest BCUT2D eigenvalue weighted by Gasteiger charge is 2.31. The summed E-state index contributed by atoms with van der Waals surface area (Å²) in [6.45, 7) is 3.80. The van der Waals surface area contributed by atoms with Crippen LogP contribution < -0.4 is 0 Å². The summed E-state index contributed by atoms with van der Waals surface area (Å²) in [7, 11) is 3.92. The average Bonchev–Trinajstić information content (AvgIpc) is 2.30. The summed E-state index contributed by atoms with van der Waals surface area (Å²) in [6.07, 6.45) is 0.986. The monoisotopic (exact) mass is 156 g/mol. The van der Waals surface area contributed by atoms with Crippen LogP contribution in [0.3, 0.4) is 0 Å². The van der Waals surface area contributed by atoms with Gasteiger partial charge < -0.3 is 4.90 Å². The molecule has 1 aliphatic heterocycles. The van der Waals surface area contributed by atoms with Gasteiger partial charge >= 0.3 is 0 Å². The Morgan fingerprint density at radius 2 is 2.27 bits per heavy atom. The number of likely N-dealkylation sites (tertiary alicyclic amines) is 1. The van der Waals surface area contributed by atoms with Crippen molar-refractivity contribution >= 4 is 5.91 Å².